The van der Waals surface area contributed by atoms with Crippen molar-refractivity contribution in [3.8, 4) is 11.3 Å². The van der Waals surface area contributed by atoms with Gasteiger partial charge >= 0.3 is 0 Å². The number of aryl methyl sites for hydroxylation is 1. The summed E-state index contributed by atoms with van der Waals surface area (Å²) in [6, 6.07) is 11.2. The number of furan rings is 1. The number of piperidine rings is 1. The predicted molar refractivity (Wildman–Crippen MR) is 103 cm³/mol. The summed E-state index contributed by atoms with van der Waals surface area (Å²) in [5.74, 6) is 0.809. The maximum Gasteiger partial charge on any atom is 0.259 e. The molecule has 7 nitrogen and oxygen atoms in total. The fourth-order valence-corrected chi connectivity index (χ4v) is 3.45. The molecular formula is C21H21N3O4. The standard InChI is InChI=1S/C21H21N3O4/c1-14-18(12-22-28-14)21(26)24-10-2-4-16(13-24)20(25)23-17-8-6-15(7-9-17)19-5-3-11-27-19/h3,5-9,11-12,16H,2,4,10,13H2,1H3,(H,23,25). The molecule has 0 radical (unpaired) electrons. The van der Waals surface area contributed by atoms with Crippen LogP contribution in [0.3, 0.4) is 0 Å². The summed E-state index contributed by atoms with van der Waals surface area (Å²) in [4.78, 5) is 27.0. The molecule has 0 aliphatic carbocycles. The van der Waals surface area contributed by atoms with Crippen LogP contribution in [0.4, 0.5) is 5.69 Å². The molecule has 2 amide bonds. The predicted octanol–water partition coefficient (Wildman–Crippen LogP) is 3.73. The lowest BCUT2D eigenvalue weighted by Crippen LogP contribution is -2.43. The monoisotopic (exact) mass is 379 g/mol. The minimum atomic E-state index is -0.248. The summed E-state index contributed by atoms with van der Waals surface area (Å²) in [6.07, 6.45) is 4.60. The average Bonchev–Trinajstić information content (AvgIpc) is 3.40. The second-order valence-electron chi connectivity index (χ2n) is 6.93. The van der Waals surface area contributed by atoms with E-state index in [-0.39, 0.29) is 17.7 Å². The van der Waals surface area contributed by atoms with Crippen LogP contribution >= 0.6 is 0 Å². The molecule has 1 aliphatic rings. The van der Waals surface area contributed by atoms with Crippen LogP contribution in [0, 0.1) is 12.8 Å². The zero-order valence-electron chi connectivity index (χ0n) is 15.6. The molecule has 3 heterocycles. The molecule has 0 spiro atoms. The van der Waals surface area contributed by atoms with Gasteiger partial charge in [-0.15, -0.1) is 0 Å². The van der Waals surface area contributed by atoms with Crippen molar-refractivity contribution in [2.45, 2.75) is 19.8 Å². The summed E-state index contributed by atoms with van der Waals surface area (Å²) in [5, 5.41) is 6.62. The van der Waals surface area contributed by atoms with Gasteiger partial charge in [-0.05, 0) is 56.2 Å². The first-order chi connectivity index (χ1) is 13.6. The van der Waals surface area contributed by atoms with Crippen molar-refractivity contribution >= 4 is 17.5 Å². The molecule has 3 aromatic rings. The van der Waals surface area contributed by atoms with E-state index in [1.165, 1.54) is 6.20 Å². The first kappa shape index (κ1) is 18.0. The number of hydrogen-bond acceptors (Lipinski definition) is 5. The lowest BCUT2D eigenvalue weighted by Gasteiger charge is -2.31. The van der Waals surface area contributed by atoms with Gasteiger partial charge in [0.25, 0.3) is 5.91 Å². The second-order valence-corrected chi connectivity index (χ2v) is 6.93. The highest BCUT2D eigenvalue weighted by molar-refractivity contribution is 5.96. The Morgan fingerprint density at radius 3 is 2.71 bits per heavy atom. The fraction of sp³-hybridized carbons (Fsp3) is 0.286. The maximum absolute atomic E-state index is 12.7. The third-order valence-corrected chi connectivity index (χ3v) is 5.02. The van der Waals surface area contributed by atoms with Crippen LogP contribution in [0.1, 0.15) is 29.0 Å². The van der Waals surface area contributed by atoms with Gasteiger partial charge in [-0.2, -0.15) is 0 Å². The number of hydrogen-bond donors (Lipinski definition) is 1. The van der Waals surface area contributed by atoms with E-state index in [1.807, 2.05) is 36.4 Å². The zero-order chi connectivity index (χ0) is 19.5. The van der Waals surface area contributed by atoms with Crippen molar-refractivity contribution in [1.82, 2.24) is 10.1 Å². The number of aromatic nitrogens is 1. The number of carbonyl (C=O) groups is 2. The normalized spacial score (nSPS) is 16.8. The fourth-order valence-electron chi connectivity index (χ4n) is 3.45. The zero-order valence-corrected chi connectivity index (χ0v) is 15.6. The van der Waals surface area contributed by atoms with E-state index < -0.39 is 0 Å². The number of anilines is 1. The van der Waals surface area contributed by atoms with Crippen molar-refractivity contribution in [3.63, 3.8) is 0 Å². The Morgan fingerprint density at radius 1 is 1.21 bits per heavy atom. The number of likely N-dealkylation sites (tertiary alicyclic amines) is 1. The number of nitrogens with one attached hydrogen (secondary N) is 1. The van der Waals surface area contributed by atoms with E-state index in [9.17, 15) is 9.59 Å². The molecule has 0 saturated carbocycles. The topological polar surface area (TPSA) is 88.6 Å². The molecule has 7 heteroatoms. The average molecular weight is 379 g/mol. The van der Waals surface area contributed by atoms with E-state index in [0.29, 0.717) is 24.4 Å². The first-order valence-electron chi connectivity index (χ1n) is 9.27. The molecule has 1 atom stereocenters. The molecular weight excluding hydrogens is 358 g/mol. The minimum Gasteiger partial charge on any atom is -0.464 e. The van der Waals surface area contributed by atoms with Gasteiger partial charge in [0.05, 0.1) is 18.4 Å². The largest absolute Gasteiger partial charge is 0.464 e. The second kappa shape index (κ2) is 7.72. The number of benzene rings is 1. The van der Waals surface area contributed by atoms with Gasteiger partial charge in [0.15, 0.2) is 0 Å². The summed E-state index contributed by atoms with van der Waals surface area (Å²) in [5.41, 5.74) is 2.12. The summed E-state index contributed by atoms with van der Waals surface area (Å²) >= 11 is 0. The molecule has 0 bridgehead atoms. The number of amides is 2. The summed E-state index contributed by atoms with van der Waals surface area (Å²) in [7, 11) is 0. The van der Waals surface area contributed by atoms with Crippen LogP contribution < -0.4 is 5.32 Å². The van der Waals surface area contributed by atoms with Crippen LogP contribution in [-0.2, 0) is 4.79 Å². The molecule has 28 heavy (non-hydrogen) atoms. The van der Waals surface area contributed by atoms with Crippen molar-refractivity contribution in [2.24, 2.45) is 5.92 Å². The van der Waals surface area contributed by atoms with Gasteiger partial charge in [0, 0.05) is 24.3 Å². The summed E-state index contributed by atoms with van der Waals surface area (Å²) in [6.45, 7) is 2.73. The Bertz CT molecular complexity index is 960. The van der Waals surface area contributed by atoms with Crippen LogP contribution in [0.15, 0.2) is 57.8 Å². The van der Waals surface area contributed by atoms with E-state index in [0.717, 1.165) is 29.9 Å². The number of rotatable bonds is 4. The van der Waals surface area contributed by atoms with E-state index >= 15 is 0 Å². The third-order valence-electron chi connectivity index (χ3n) is 5.02. The lowest BCUT2D eigenvalue weighted by molar-refractivity contribution is -0.121. The van der Waals surface area contributed by atoms with Crippen molar-refractivity contribution < 1.29 is 18.5 Å². The third kappa shape index (κ3) is 3.69. The molecule has 1 saturated heterocycles. The Kier molecular flexibility index (Phi) is 4.97. The van der Waals surface area contributed by atoms with Crippen LogP contribution in [0.5, 0.6) is 0 Å². The first-order valence-corrected chi connectivity index (χ1v) is 9.27. The molecule has 1 aromatic carbocycles. The van der Waals surface area contributed by atoms with Gasteiger partial charge in [-0.3, -0.25) is 9.59 Å². The quantitative estimate of drug-likeness (QED) is 0.746. The molecule has 1 aliphatic heterocycles. The van der Waals surface area contributed by atoms with Crippen LogP contribution in [0.2, 0.25) is 0 Å². The Labute approximate surface area is 162 Å². The van der Waals surface area contributed by atoms with Gasteiger partial charge in [-0.1, -0.05) is 5.16 Å². The van der Waals surface area contributed by atoms with Crippen molar-refractivity contribution in [2.75, 3.05) is 18.4 Å². The number of nitrogens with zero attached hydrogens (tertiary/aromatic N) is 2. The summed E-state index contributed by atoms with van der Waals surface area (Å²) < 4.78 is 10.4. The van der Waals surface area contributed by atoms with E-state index in [2.05, 4.69) is 10.5 Å². The van der Waals surface area contributed by atoms with Crippen molar-refractivity contribution in [3.05, 3.63) is 60.2 Å². The SMILES string of the molecule is Cc1oncc1C(=O)N1CCCC(C(=O)Nc2ccc(-c3ccco3)cc2)C1. The van der Waals surface area contributed by atoms with E-state index in [1.54, 1.807) is 18.1 Å². The van der Waals surface area contributed by atoms with Gasteiger partial charge in [-0.25, -0.2) is 0 Å². The molecule has 1 N–H and O–H groups in total. The van der Waals surface area contributed by atoms with Crippen LogP contribution in [-0.4, -0.2) is 35.0 Å². The van der Waals surface area contributed by atoms with Crippen molar-refractivity contribution in [1.29, 1.82) is 0 Å². The Balaban J connectivity index is 1.39. The van der Waals surface area contributed by atoms with Gasteiger partial charge in [0.1, 0.15) is 17.1 Å². The maximum atomic E-state index is 12.7. The highest BCUT2D eigenvalue weighted by Crippen LogP contribution is 2.24. The van der Waals surface area contributed by atoms with Gasteiger partial charge < -0.3 is 19.2 Å². The minimum absolute atomic E-state index is 0.0784. The Hall–Kier alpha value is -3.35. The molecule has 2 aromatic heterocycles. The molecule has 4 rings (SSSR count). The van der Waals surface area contributed by atoms with Gasteiger partial charge in [0.2, 0.25) is 5.91 Å². The highest BCUT2D eigenvalue weighted by Gasteiger charge is 2.30. The Morgan fingerprint density at radius 2 is 2.04 bits per heavy atom. The molecule has 1 unspecified atom stereocenters. The molecule has 144 valence electrons. The molecule has 1 fully saturated rings. The lowest BCUT2D eigenvalue weighted by atomic mass is 9.96. The van der Waals surface area contributed by atoms with Crippen LogP contribution in [0.25, 0.3) is 11.3 Å². The van der Waals surface area contributed by atoms with E-state index in [4.69, 9.17) is 8.94 Å². The highest BCUT2D eigenvalue weighted by atomic mass is 16.5. The number of carbonyl (C=O) groups excluding carboxylic acids is 2. The smallest absolute Gasteiger partial charge is 0.259 e.